The molecule has 6 nitrogen and oxygen atoms in total. The number of para-hydroxylation sites is 2. The van der Waals surface area contributed by atoms with Gasteiger partial charge in [0.1, 0.15) is 5.75 Å². The molecule has 6 heteroatoms. The predicted molar refractivity (Wildman–Crippen MR) is 119 cm³/mol. The number of nitrogens with one attached hydrogen (secondary N) is 1. The van der Waals surface area contributed by atoms with Crippen molar-refractivity contribution in [2.45, 2.75) is 19.8 Å². The average molecular weight is 402 g/mol. The Hall–Kier alpha value is -3.41. The molecule has 1 aliphatic heterocycles. The van der Waals surface area contributed by atoms with Gasteiger partial charge in [-0.25, -0.2) is 0 Å². The van der Waals surface area contributed by atoms with Crippen molar-refractivity contribution in [2.75, 3.05) is 30.4 Å². The van der Waals surface area contributed by atoms with Crippen molar-refractivity contribution in [3.8, 4) is 17.0 Å². The van der Waals surface area contributed by atoms with Crippen LogP contribution in [-0.4, -0.2) is 36.3 Å². The largest absolute Gasteiger partial charge is 0.496 e. The number of hydrogen-bond acceptors (Lipinski definition) is 5. The molecule has 30 heavy (non-hydrogen) atoms. The molecule has 1 aromatic heterocycles. The zero-order valence-electron chi connectivity index (χ0n) is 17.3. The topological polar surface area (TPSA) is 67.3 Å². The van der Waals surface area contributed by atoms with E-state index >= 15 is 0 Å². The van der Waals surface area contributed by atoms with E-state index in [-0.39, 0.29) is 11.8 Å². The first-order valence-corrected chi connectivity index (χ1v) is 10.2. The Balaban J connectivity index is 1.37. The number of benzene rings is 2. The third kappa shape index (κ3) is 4.27. The highest BCUT2D eigenvalue weighted by Crippen LogP contribution is 2.29. The lowest BCUT2D eigenvalue weighted by molar-refractivity contribution is -0.120. The van der Waals surface area contributed by atoms with Crippen LogP contribution in [0, 0.1) is 12.8 Å². The Labute approximate surface area is 176 Å². The summed E-state index contributed by atoms with van der Waals surface area (Å²) < 4.78 is 5.41. The molecular weight excluding hydrogens is 376 g/mol. The number of aryl methyl sites for hydroxylation is 1. The van der Waals surface area contributed by atoms with Crippen molar-refractivity contribution in [2.24, 2.45) is 5.92 Å². The van der Waals surface area contributed by atoms with Crippen LogP contribution >= 0.6 is 0 Å². The zero-order chi connectivity index (χ0) is 20.9. The molecule has 0 spiro atoms. The smallest absolute Gasteiger partial charge is 0.227 e. The number of piperidine rings is 1. The SMILES string of the molecule is COc1ccccc1-c1ccc(N2CCC(C(=O)Nc3ccccc3C)CC2)nn1. The number of ether oxygens (including phenoxy) is 1. The highest BCUT2D eigenvalue weighted by atomic mass is 16.5. The molecule has 0 saturated carbocycles. The van der Waals surface area contributed by atoms with Crippen LogP contribution in [0.5, 0.6) is 5.75 Å². The van der Waals surface area contributed by atoms with Crippen molar-refractivity contribution in [1.29, 1.82) is 0 Å². The minimum atomic E-state index is 0.0154. The third-order valence-electron chi connectivity index (χ3n) is 5.63. The van der Waals surface area contributed by atoms with Crippen LogP contribution in [0.3, 0.4) is 0 Å². The summed E-state index contributed by atoms with van der Waals surface area (Å²) in [4.78, 5) is 14.8. The van der Waals surface area contributed by atoms with Crippen LogP contribution in [-0.2, 0) is 4.79 Å². The van der Waals surface area contributed by atoms with Crippen molar-refractivity contribution in [3.63, 3.8) is 0 Å². The van der Waals surface area contributed by atoms with Crippen LogP contribution in [0.2, 0.25) is 0 Å². The van der Waals surface area contributed by atoms with Gasteiger partial charge in [-0.3, -0.25) is 4.79 Å². The summed E-state index contributed by atoms with van der Waals surface area (Å²) in [5.74, 6) is 1.73. The summed E-state index contributed by atoms with van der Waals surface area (Å²) in [5, 5.41) is 11.9. The Morgan fingerprint density at radius 2 is 1.73 bits per heavy atom. The van der Waals surface area contributed by atoms with E-state index in [9.17, 15) is 4.79 Å². The first-order valence-electron chi connectivity index (χ1n) is 10.2. The second kappa shape index (κ2) is 8.95. The van der Waals surface area contributed by atoms with Gasteiger partial charge >= 0.3 is 0 Å². The number of amides is 1. The van der Waals surface area contributed by atoms with Crippen LogP contribution in [0.1, 0.15) is 18.4 Å². The van der Waals surface area contributed by atoms with Gasteiger partial charge in [0.2, 0.25) is 5.91 Å². The number of methoxy groups -OCH3 is 1. The van der Waals surface area contributed by atoms with Crippen LogP contribution in [0.4, 0.5) is 11.5 Å². The highest BCUT2D eigenvalue weighted by Gasteiger charge is 2.26. The summed E-state index contributed by atoms with van der Waals surface area (Å²) in [5.41, 5.74) is 3.67. The first-order chi connectivity index (χ1) is 14.7. The maximum Gasteiger partial charge on any atom is 0.227 e. The zero-order valence-corrected chi connectivity index (χ0v) is 17.3. The fourth-order valence-corrected chi connectivity index (χ4v) is 3.81. The molecule has 0 aliphatic carbocycles. The minimum absolute atomic E-state index is 0.0154. The van der Waals surface area contributed by atoms with Gasteiger partial charge < -0.3 is 15.0 Å². The molecule has 3 aromatic rings. The van der Waals surface area contributed by atoms with E-state index < -0.39 is 0 Å². The number of anilines is 2. The fourth-order valence-electron chi connectivity index (χ4n) is 3.81. The summed E-state index contributed by atoms with van der Waals surface area (Å²) in [6.45, 7) is 3.58. The number of hydrogen-bond donors (Lipinski definition) is 1. The van der Waals surface area contributed by atoms with Crippen molar-refractivity contribution in [1.82, 2.24) is 10.2 Å². The monoisotopic (exact) mass is 402 g/mol. The minimum Gasteiger partial charge on any atom is -0.496 e. The molecule has 0 unspecified atom stereocenters. The highest BCUT2D eigenvalue weighted by molar-refractivity contribution is 5.93. The van der Waals surface area contributed by atoms with E-state index in [1.165, 1.54) is 0 Å². The lowest BCUT2D eigenvalue weighted by Gasteiger charge is -2.32. The normalized spacial score (nSPS) is 14.4. The molecule has 1 aliphatic rings. The number of aromatic nitrogens is 2. The maximum absolute atomic E-state index is 12.7. The molecule has 1 fully saturated rings. The molecule has 154 valence electrons. The van der Waals surface area contributed by atoms with Crippen molar-refractivity contribution >= 4 is 17.4 Å². The number of carbonyl (C=O) groups excluding carboxylic acids is 1. The molecule has 1 saturated heterocycles. The molecular formula is C24H26N4O2. The summed E-state index contributed by atoms with van der Waals surface area (Å²) >= 11 is 0. The third-order valence-corrected chi connectivity index (χ3v) is 5.63. The van der Waals surface area contributed by atoms with Crippen LogP contribution < -0.4 is 15.0 Å². The number of nitrogens with zero attached hydrogens (tertiary/aromatic N) is 3. The van der Waals surface area contributed by atoms with Gasteiger partial charge in [-0.1, -0.05) is 30.3 Å². The molecule has 1 N–H and O–H groups in total. The van der Waals surface area contributed by atoms with Crippen molar-refractivity contribution in [3.05, 3.63) is 66.2 Å². The van der Waals surface area contributed by atoms with Crippen molar-refractivity contribution < 1.29 is 9.53 Å². The van der Waals surface area contributed by atoms with Gasteiger partial charge in [0.25, 0.3) is 0 Å². The average Bonchev–Trinajstić information content (AvgIpc) is 2.81. The molecule has 1 amide bonds. The lowest BCUT2D eigenvalue weighted by atomic mass is 9.95. The molecule has 2 heterocycles. The van der Waals surface area contributed by atoms with Gasteiger partial charge in [-0.2, -0.15) is 0 Å². The van der Waals surface area contributed by atoms with Crippen LogP contribution in [0.15, 0.2) is 60.7 Å². The molecule has 0 atom stereocenters. The molecule has 2 aromatic carbocycles. The van der Waals surface area contributed by atoms with E-state index in [0.717, 1.165) is 60.0 Å². The van der Waals surface area contributed by atoms with Gasteiger partial charge in [0.15, 0.2) is 5.82 Å². The first kappa shape index (κ1) is 19.9. The van der Waals surface area contributed by atoms with Crippen LogP contribution in [0.25, 0.3) is 11.3 Å². The predicted octanol–water partition coefficient (Wildman–Crippen LogP) is 4.32. The fraction of sp³-hybridized carbons (Fsp3) is 0.292. The number of carbonyl (C=O) groups is 1. The summed E-state index contributed by atoms with van der Waals surface area (Å²) in [6.07, 6.45) is 1.60. The lowest BCUT2D eigenvalue weighted by Crippen LogP contribution is -2.38. The van der Waals surface area contributed by atoms with E-state index in [4.69, 9.17) is 4.74 Å². The van der Waals surface area contributed by atoms with Gasteiger partial charge in [0.05, 0.1) is 12.8 Å². The van der Waals surface area contributed by atoms with E-state index in [0.29, 0.717) is 0 Å². The van der Waals surface area contributed by atoms with E-state index in [1.807, 2.05) is 67.6 Å². The Kier molecular flexibility index (Phi) is 5.93. The molecule has 4 rings (SSSR count). The Morgan fingerprint density at radius 3 is 2.43 bits per heavy atom. The second-order valence-corrected chi connectivity index (χ2v) is 7.54. The summed E-state index contributed by atoms with van der Waals surface area (Å²) in [7, 11) is 1.65. The van der Waals surface area contributed by atoms with E-state index in [1.54, 1.807) is 7.11 Å². The Bertz CT molecular complexity index is 1010. The Morgan fingerprint density at radius 1 is 1.00 bits per heavy atom. The standard InChI is InChI=1S/C24H26N4O2/c1-17-7-3-5-9-20(17)25-24(29)18-13-15-28(16-14-18)23-12-11-21(26-27-23)19-8-4-6-10-22(19)30-2/h3-12,18H,13-16H2,1-2H3,(H,25,29). The van der Waals surface area contributed by atoms with Gasteiger partial charge in [-0.05, 0) is 55.7 Å². The second-order valence-electron chi connectivity index (χ2n) is 7.54. The number of rotatable bonds is 5. The quantitative estimate of drug-likeness (QED) is 0.689. The molecule has 0 bridgehead atoms. The van der Waals surface area contributed by atoms with Gasteiger partial charge in [-0.15, -0.1) is 10.2 Å². The maximum atomic E-state index is 12.7. The van der Waals surface area contributed by atoms with Gasteiger partial charge in [0, 0.05) is 30.3 Å². The van der Waals surface area contributed by atoms with E-state index in [2.05, 4.69) is 20.4 Å². The molecule has 0 radical (unpaired) electrons. The summed E-state index contributed by atoms with van der Waals surface area (Å²) in [6, 6.07) is 19.6.